The zero-order valence-electron chi connectivity index (χ0n) is 26.8. The molecule has 2 atom stereocenters. The molecule has 0 spiro atoms. The van der Waals surface area contributed by atoms with Crippen LogP contribution in [-0.4, -0.2) is 48.6 Å². The topological polar surface area (TPSA) is 93.2 Å². The number of amides is 2. The second kappa shape index (κ2) is 13.5. The fourth-order valence-corrected chi connectivity index (χ4v) is 8.63. The third-order valence-electron chi connectivity index (χ3n) is 9.11. The number of hydrogen-bond acceptors (Lipinski definition) is 7. The first kappa shape index (κ1) is 33.1. The van der Waals surface area contributed by atoms with E-state index in [1.54, 1.807) is 21.9 Å². The van der Waals surface area contributed by atoms with E-state index >= 15 is 0 Å². The summed E-state index contributed by atoms with van der Waals surface area (Å²) in [6.07, 6.45) is 0.281. The Morgan fingerprint density at radius 2 is 1.04 bits per heavy atom. The highest BCUT2D eigenvalue weighted by Gasteiger charge is 2.36. The predicted octanol–water partition coefficient (Wildman–Crippen LogP) is 7.73. The molecule has 0 radical (unpaired) electrons. The lowest BCUT2D eigenvalue weighted by molar-refractivity contribution is -0.132. The van der Waals surface area contributed by atoms with E-state index in [4.69, 9.17) is 32.7 Å². The number of rotatable bonds is 8. The van der Waals surface area contributed by atoms with E-state index in [0.29, 0.717) is 47.7 Å². The van der Waals surface area contributed by atoms with Gasteiger partial charge in [0.05, 0.1) is 24.2 Å². The Morgan fingerprint density at radius 1 is 0.653 bits per heavy atom. The third-order valence-corrected chi connectivity index (χ3v) is 10.9. The summed E-state index contributed by atoms with van der Waals surface area (Å²) in [5.41, 5.74) is 3.33. The summed E-state index contributed by atoms with van der Waals surface area (Å²) >= 11 is 14.3. The lowest BCUT2D eigenvalue weighted by atomic mass is 9.95. The molecule has 0 N–H and O–H groups in total. The number of nitrogens with zero attached hydrogens (tertiary/aromatic N) is 2. The Bertz CT molecular complexity index is 2010. The van der Waals surface area contributed by atoms with Gasteiger partial charge in [-0.25, -0.2) is 0 Å². The number of anilines is 2. The molecule has 5 aromatic rings. The Morgan fingerprint density at radius 3 is 1.41 bits per heavy atom. The Labute approximate surface area is 297 Å². The van der Waals surface area contributed by atoms with Gasteiger partial charge in [-0.2, -0.15) is 0 Å². The molecule has 8 nitrogen and oxygen atoms in total. The van der Waals surface area contributed by atoms with Crippen LogP contribution in [-0.2, 0) is 32.0 Å². The van der Waals surface area contributed by atoms with Gasteiger partial charge in [-0.15, -0.1) is 34.5 Å². The van der Waals surface area contributed by atoms with Gasteiger partial charge < -0.3 is 19.3 Å². The van der Waals surface area contributed by atoms with Crippen molar-refractivity contribution in [3.63, 3.8) is 0 Å². The SMILES string of the molecule is CC(=O)Oc1cc2c(c3ccccc13)[C@H](CCl)CN2C(=O)Cc1ccc(CC(=O)N2C[C@@H](CCl)c3c2cc(OC(C)=O)c2ccccc32)s1. The first-order valence-corrected chi connectivity index (χ1v) is 17.8. The molecule has 0 saturated heterocycles. The molecule has 11 heteroatoms. The molecule has 0 bridgehead atoms. The van der Waals surface area contributed by atoms with Crippen LogP contribution in [0.25, 0.3) is 21.5 Å². The second-order valence-corrected chi connectivity index (χ2v) is 14.2. The number of carbonyl (C=O) groups is 4. The minimum absolute atomic E-state index is 0.0768. The molecule has 3 heterocycles. The predicted molar refractivity (Wildman–Crippen MR) is 194 cm³/mol. The van der Waals surface area contributed by atoms with Crippen LogP contribution >= 0.6 is 34.5 Å². The highest BCUT2D eigenvalue weighted by molar-refractivity contribution is 7.12. The summed E-state index contributed by atoms with van der Waals surface area (Å²) in [5.74, 6) is 0.219. The molecule has 2 aliphatic rings. The highest BCUT2D eigenvalue weighted by atomic mass is 35.5. The van der Waals surface area contributed by atoms with E-state index in [1.807, 2.05) is 60.7 Å². The molecule has 0 aliphatic carbocycles. The van der Waals surface area contributed by atoms with Crippen LogP contribution in [0.2, 0.25) is 0 Å². The molecule has 0 unspecified atom stereocenters. The van der Waals surface area contributed by atoms with E-state index in [-0.39, 0.29) is 36.5 Å². The lowest BCUT2D eigenvalue weighted by Gasteiger charge is -2.19. The van der Waals surface area contributed by atoms with Crippen molar-refractivity contribution >= 4 is 91.2 Å². The van der Waals surface area contributed by atoms with E-state index in [1.165, 1.54) is 25.2 Å². The van der Waals surface area contributed by atoms with E-state index < -0.39 is 11.9 Å². The maximum Gasteiger partial charge on any atom is 0.308 e. The Kier molecular flexibility index (Phi) is 9.09. The number of thiophene rings is 1. The number of halogens is 2. The summed E-state index contributed by atoms with van der Waals surface area (Å²) in [5, 5.41) is 3.40. The van der Waals surface area contributed by atoms with Crippen LogP contribution in [0.1, 0.15) is 46.6 Å². The number of benzene rings is 4. The molecule has 0 saturated carbocycles. The van der Waals surface area contributed by atoms with Crippen molar-refractivity contribution in [1.29, 1.82) is 0 Å². The number of fused-ring (bicyclic) bond motifs is 6. The van der Waals surface area contributed by atoms with Crippen molar-refractivity contribution < 1.29 is 28.7 Å². The monoisotopic (exact) mass is 714 g/mol. The standard InChI is InChI=1S/C38H32Cl2N2O6S/c1-21(43)47-33-15-31-37(29-9-5-3-7-27(29)33)23(17-39)19-41(31)35(45)13-25-11-12-26(49-25)14-36(46)42-20-24(18-40)38-30-10-6-4-8-28(30)34(16-32(38)42)48-22(2)44/h3-12,15-16,23-24H,13-14,17-20H2,1-2H3/t23-,24-/m1/s1. The molecule has 49 heavy (non-hydrogen) atoms. The normalized spacial score (nSPS) is 16.6. The smallest absolute Gasteiger partial charge is 0.308 e. The van der Waals surface area contributed by atoms with Gasteiger partial charge in [0.15, 0.2) is 0 Å². The summed E-state index contributed by atoms with van der Waals surface area (Å²) in [6, 6.07) is 22.6. The zero-order valence-corrected chi connectivity index (χ0v) is 29.2. The third kappa shape index (κ3) is 6.16. The number of carbonyl (C=O) groups excluding carboxylic acids is 4. The Hall–Kier alpha value is -4.44. The Balaban J connectivity index is 1.12. The fraction of sp³-hybridized carbons (Fsp3) is 0.263. The van der Waals surface area contributed by atoms with Crippen LogP contribution in [0, 0.1) is 0 Å². The largest absolute Gasteiger partial charge is 0.426 e. The molecule has 1 aromatic heterocycles. The maximum atomic E-state index is 13.8. The van der Waals surface area contributed by atoms with Crippen molar-refractivity contribution in [3.05, 3.63) is 93.7 Å². The molecule has 250 valence electrons. The zero-order chi connectivity index (χ0) is 34.4. The van der Waals surface area contributed by atoms with Gasteiger partial charge in [-0.05, 0) is 34.0 Å². The average molecular weight is 716 g/mol. The number of ether oxygens (including phenoxy) is 2. The molecule has 4 aromatic carbocycles. The van der Waals surface area contributed by atoms with Gasteiger partial charge in [-0.3, -0.25) is 19.2 Å². The number of alkyl halides is 2. The van der Waals surface area contributed by atoms with Crippen LogP contribution in [0.4, 0.5) is 11.4 Å². The summed E-state index contributed by atoms with van der Waals surface area (Å²) < 4.78 is 11.1. The molecule has 0 fully saturated rings. The first-order valence-electron chi connectivity index (χ1n) is 15.9. The van der Waals surface area contributed by atoms with Crippen molar-refractivity contribution in [2.45, 2.75) is 38.5 Å². The van der Waals surface area contributed by atoms with Gasteiger partial charge in [-0.1, -0.05) is 48.5 Å². The number of hydrogen-bond donors (Lipinski definition) is 0. The van der Waals surface area contributed by atoms with Crippen molar-refractivity contribution in [2.75, 3.05) is 34.6 Å². The van der Waals surface area contributed by atoms with Crippen LogP contribution in [0.15, 0.2) is 72.8 Å². The summed E-state index contributed by atoms with van der Waals surface area (Å²) in [7, 11) is 0. The van der Waals surface area contributed by atoms with Crippen LogP contribution in [0.3, 0.4) is 0 Å². The van der Waals surface area contributed by atoms with Crippen molar-refractivity contribution in [3.8, 4) is 11.5 Å². The lowest BCUT2D eigenvalue weighted by Crippen LogP contribution is -2.31. The highest BCUT2D eigenvalue weighted by Crippen LogP contribution is 2.47. The van der Waals surface area contributed by atoms with Crippen LogP contribution < -0.4 is 19.3 Å². The molecule has 2 aliphatic heterocycles. The molecule has 2 amide bonds. The van der Waals surface area contributed by atoms with Gasteiger partial charge in [0, 0.05) is 83.2 Å². The maximum absolute atomic E-state index is 13.8. The summed E-state index contributed by atoms with van der Waals surface area (Å²) in [4.78, 5) is 56.6. The first-order chi connectivity index (χ1) is 23.7. The van der Waals surface area contributed by atoms with Crippen LogP contribution in [0.5, 0.6) is 11.5 Å². The molecule has 7 rings (SSSR count). The van der Waals surface area contributed by atoms with Gasteiger partial charge in [0.2, 0.25) is 11.8 Å². The average Bonchev–Trinajstić information content (AvgIpc) is 3.79. The van der Waals surface area contributed by atoms with E-state index in [2.05, 4.69) is 0 Å². The molecular formula is C38H32Cl2N2O6S. The van der Waals surface area contributed by atoms with E-state index in [9.17, 15) is 19.2 Å². The minimum atomic E-state index is -0.440. The minimum Gasteiger partial charge on any atom is -0.426 e. The molecular weight excluding hydrogens is 683 g/mol. The van der Waals surface area contributed by atoms with Gasteiger partial charge >= 0.3 is 11.9 Å². The fourth-order valence-electron chi connectivity index (χ4n) is 7.13. The quantitative estimate of drug-likeness (QED) is 0.0928. The van der Waals surface area contributed by atoms with E-state index in [0.717, 1.165) is 42.4 Å². The van der Waals surface area contributed by atoms with Gasteiger partial charge in [0.25, 0.3) is 0 Å². The van der Waals surface area contributed by atoms with Crippen molar-refractivity contribution in [1.82, 2.24) is 0 Å². The second-order valence-electron chi connectivity index (χ2n) is 12.3. The van der Waals surface area contributed by atoms with Gasteiger partial charge in [0.1, 0.15) is 11.5 Å². The van der Waals surface area contributed by atoms with Crippen molar-refractivity contribution in [2.24, 2.45) is 0 Å². The number of esters is 2. The summed E-state index contributed by atoms with van der Waals surface area (Å²) in [6.45, 7) is 3.54.